The standard InChI is InChI=1S/C21H27N3O2/c1-26-13-12-23-14-18-15-24(20(25)19-8-5-10-22-19)11-9-21(18,16-23)17-6-3-2-4-7-17/h2-8,10,18,22H,9,11-16H2,1H3/t18-,21+/m1/s1. The molecule has 1 N–H and O–H groups in total. The maximum Gasteiger partial charge on any atom is 0.270 e. The summed E-state index contributed by atoms with van der Waals surface area (Å²) in [4.78, 5) is 20.4. The molecule has 0 unspecified atom stereocenters. The molecule has 0 aliphatic carbocycles. The molecule has 1 aromatic heterocycles. The summed E-state index contributed by atoms with van der Waals surface area (Å²) in [5.74, 6) is 0.571. The first kappa shape index (κ1) is 17.3. The molecule has 26 heavy (non-hydrogen) atoms. The lowest BCUT2D eigenvalue weighted by Crippen LogP contribution is -2.51. The Hall–Kier alpha value is -2.11. The van der Waals surface area contributed by atoms with Crippen LogP contribution in [0.1, 0.15) is 22.5 Å². The van der Waals surface area contributed by atoms with Crippen molar-refractivity contribution >= 4 is 5.91 Å². The fraction of sp³-hybridized carbons (Fsp3) is 0.476. The number of likely N-dealkylation sites (tertiary alicyclic amines) is 2. The molecule has 138 valence electrons. The van der Waals surface area contributed by atoms with E-state index in [0.29, 0.717) is 11.6 Å². The van der Waals surface area contributed by atoms with E-state index in [1.54, 1.807) is 7.11 Å². The summed E-state index contributed by atoms with van der Waals surface area (Å²) in [6.45, 7) is 5.40. The van der Waals surface area contributed by atoms with Crippen molar-refractivity contribution in [2.24, 2.45) is 5.92 Å². The van der Waals surface area contributed by atoms with Crippen LogP contribution in [-0.4, -0.2) is 67.1 Å². The Balaban J connectivity index is 1.57. The molecule has 2 aliphatic rings. The van der Waals surface area contributed by atoms with Crippen LogP contribution in [0, 0.1) is 5.92 Å². The lowest BCUT2D eigenvalue weighted by Gasteiger charge is -2.44. The summed E-state index contributed by atoms with van der Waals surface area (Å²) in [6, 6.07) is 14.6. The Morgan fingerprint density at radius 2 is 2.08 bits per heavy atom. The van der Waals surface area contributed by atoms with Crippen molar-refractivity contribution in [3.8, 4) is 0 Å². The molecule has 1 amide bonds. The third kappa shape index (κ3) is 3.06. The highest BCUT2D eigenvalue weighted by molar-refractivity contribution is 5.92. The van der Waals surface area contributed by atoms with Crippen molar-refractivity contribution < 1.29 is 9.53 Å². The van der Waals surface area contributed by atoms with Gasteiger partial charge < -0.3 is 14.6 Å². The quantitative estimate of drug-likeness (QED) is 0.898. The predicted molar refractivity (Wildman–Crippen MR) is 101 cm³/mol. The first-order valence-corrected chi connectivity index (χ1v) is 9.42. The third-order valence-corrected chi connectivity index (χ3v) is 6.11. The van der Waals surface area contributed by atoms with Gasteiger partial charge in [0.25, 0.3) is 5.91 Å². The van der Waals surface area contributed by atoms with E-state index in [-0.39, 0.29) is 11.3 Å². The van der Waals surface area contributed by atoms with Crippen LogP contribution in [0.3, 0.4) is 0 Å². The van der Waals surface area contributed by atoms with Crippen LogP contribution in [0.25, 0.3) is 0 Å². The molecule has 2 saturated heterocycles. The number of methoxy groups -OCH3 is 1. The maximum atomic E-state index is 12.8. The van der Waals surface area contributed by atoms with Gasteiger partial charge in [0.15, 0.2) is 0 Å². The number of rotatable bonds is 5. The summed E-state index contributed by atoms with van der Waals surface area (Å²) < 4.78 is 5.29. The first-order chi connectivity index (χ1) is 12.7. The van der Waals surface area contributed by atoms with E-state index in [9.17, 15) is 4.79 Å². The number of amides is 1. The van der Waals surface area contributed by atoms with Crippen molar-refractivity contribution in [2.75, 3.05) is 46.4 Å². The molecule has 4 rings (SSSR count). The number of piperidine rings is 1. The van der Waals surface area contributed by atoms with E-state index < -0.39 is 0 Å². The van der Waals surface area contributed by atoms with Gasteiger partial charge in [-0.05, 0) is 24.1 Å². The van der Waals surface area contributed by atoms with Crippen molar-refractivity contribution in [1.82, 2.24) is 14.8 Å². The van der Waals surface area contributed by atoms with Crippen LogP contribution >= 0.6 is 0 Å². The molecule has 0 bridgehead atoms. The van der Waals surface area contributed by atoms with Crippen molar-refractivity contribution in [3.05, 3.63) is 59.9 Å². The van der Waals surface area contributed by atoms with Gasteiger partial charge in [-0.1, -0.05) is 30.3 Å². The second-order valence-corrected chi connectivity index (χ2v) is 7.53. The van der Waals surface area contributed by atoms with E-state index in [1.807, 2.05) is 23.2 Å². The van der Waals surface area contributed by atoms with E-state index in [1.165, 1.54) is 5.56 Å². The molecule has 2 aliphatic heterocycles. The van der Waals surface area contributed by atoms with Crippen molar-refractivity contribution in [1.29, 1.82) is 0 Å². The molecule has 0 radical (unpaired) electrons. The summed E-state index contributed by atoms with van der Waals surface area (Å²) in [6.07, 6.45) is 2.82. The highest BCUT2D eigenvalue weighted by atomic mass is 16.5. The minimum absolute atomic E-state index is 0.118. The summed E-state index contributed by atoms with van der Waals surface area (Å²) in [7, 11) is 1.76. The van der Waals surface area contributed by atoms with E-state index in [0.717, 1.165) is 45.8 Å². The van der Waals surface area contributed by atoms with Crippen LogP contribution < -0.4 is 0 Å². The van der Waals surface area contributed by atoms with Gasteiger partial charge in [0.1, 0.15) is 5.69 Å². The lowest BCUT2D eigenvalue weighted by atomic mass is 9.68. The fourth-order valence-corrected chi connectivity index (χ4v) is 4.74. The van der Waals surface area contributed by atoms with Crippen molar-refractivity contribution in [3.63, 3.8) is 0 Å². The molecule has 2 atom stereocenters. The Kier molecular flexibility index (Phi) is 4.83. The number of hydrogen-bond donors (Lipinski definition) is 1. The molecular formula is C21H27N3O2. The molecule has 3 heterocycles. The molecule has 2 fully saturated rings. The van der Waals surface area contributed by atoms with Gasteiger partial charge in [-0.2, -0.15) is 0 Å². The van der Waals surface area contributed by atoms with Gasteiger partial charge in [0.05, 0.1) is 6.61 Å². The molecular weight excluding hydrogens is 326 g/mol. The van der Waals surface area contributed by atoms with Gasteiger partial charge in [0, 0.05) is 57.4 Å². The van der Waals surface area contributed by atoms with E-state index in [2.05, 4.69) is 40.2 Å². The summed E-state index contributed by atoms with van der Waals surface area (Å²) in [5, 5.41) is 0. The van der Waals surface area contributed by atoms with Gasteiger partial charge in [0.2, 0.25) is 0 Å². The zero-order valence-corrected chi connectivity index (χ0v) is 15.4. The lowest BCUT2D eigenvalue weighted by molar-refractivity contribution is 0.0597. The number of ether oxygens (including phenoxy) is 1. The highest BCUT2D eigenvalue weighted by Gasteiger charge is 2.50. The van der Waals surface area contributed by atoms with Crippen LogP contribution in [0.15, 0.2) is 48.7 Å². The normalized spacial score (nSPS) is 26.0. The van der Waals surface area contributed by atoms with Gasteiger partial charge >= 0.3 is 0 Å². The minimum atomic E-state index is 0.118. The maximum absolute atomic E-state index is 12.8. The molecule has 2 aromatic rings. The van der Waals surface area contributed by atoms with Gasteiger partial charge in [-0.25, -0.2) is 0 Å². The van der Waals surface area contributed by atoms with E-state index >= 15 is 0 Å². The zero-order valence-electron chi connectivity index (χ0n) is 15.4. The number of hydrogen-bond acceptors (Lipinski definition) is 3. The number of nitrogens with one attached hydrogen (secondary N) is 1. The van der Waals surface area contributed by atoms with Crippen molar-refractivity contribution in [2.45, 2.75) is 11.8 Å². The number of H-pyrrole nitrogens is 1. The fourth-order valence-electron chi connectivity index (χ4n) is 4.74. The monoisotopic (exact) mass is 353 g/mol. The number of carbonyl (C=O) groups is 1. The summed E-state index contributed by atoms with van der Waals surface area (Å²) >= 11 is 0. The summed E-state index contributed by atoms with van der Waals surface area (Å²) in [5.41, 5.74) is 2.24. The Morgan fingerprint density at radius 3 is 2.81 bits per heavy atom. The number of nitrogens with zero attached hydrogens (tertiary/aromatic N) is 2. The molecule has 1 aromatic carbocycles. The molecule has 5 nitrogen and oxygen atoms in total. The smallest absolute Gasteiger partial charge is 0.270 e. The van der Waals surface area contributed by atoms with Crippen LogP contribution in [0.4, 0.5) is 0 Å². The minimum Gasteiger partial charge on any atom is -0.383 e. The Morgan fingerprint density at radius 1 is 1.23 bits per heavy atom. The largest absolute Gasteiger partial charge is 0.383 e. The second kappa shape index (κ2) is 7.25. The van der Waals surface area contributed by atoms with Crippen LogP contribution in [-0.2, 0) is 10.2 Å². The zero-order chi connectivity index (χ0) is 18.0. The molecule has 0 saturated carbocycles. The first-order valence-electron chi connectivity index (χ1n) is 9.42. The average Bonchev–Trinajstić information content (AvgIpc) is 3.34. The Bertz CT molecular complexity index is 731. The predicted octanol–water partition coefficient (Wildman–Crippen LogP) is 2.38. The number of carbonyl (C=O) groups excluding carboxylic acids is 1. The number of aromatic nitrogens is 1. The average molecular weight is 353 g/mol. The second-order valence-electron chi connectivity index (χ2n) is 7.53. The number of benzene rings is 1. The molecule has 0 spiro atoms. The third-order valence-electron chi connectivity index (χ3n) is 6.11. The Labute approximate surface area is 154 Å². The van der Waals surface area contributed by atoms with E-state index in [4.69, 9.17) is 4.74 Å². The molecule has 5 heteroatoms. The number of aromatic amines is 1. The SMILES string of the molecule is COCCN1C[C@@H]2CN(C(=O)c3ccc[nH]3)CC[C@@]2(c2ccccc2)C1. The number of fused-ring (bicyclic) bond motifs is 1. The van der Waals surface area contributed by atoms with Gasteiger partial charge in [-0.3, -0.25) is 9.69 Å². The van der Waals surface area contributed by atoms with Gasteiger partial charge in [-0.15, -0.1) is 0 Å². The topological polar surface area (TPSA) is 48.6 Å². The highest BCUT2D eigenvalue weighted by Crippen LogP contribution is 2.45. The van der Waals surface area contributed by atoms with Crippen LogP contribution in [0.5, 0.6) is 0 Å². The van der Waals surface area contributed by atoms with Crippen LogP contribution in [0.2, 0.25) is 0 Å².